The Hall–Kier alpha value is -1.95. The number of rotatable bonds is 2. The quantitative estimate of drug-likeness (QED) is 0.404. The number of phenolic OH excluding ortho intramolecular Hbond substituents is 3. The molecule has 0 bridgehead atoms. The number of amides is 1. The summed E-state index contributed by atoms with van der Waals surface area (Å²) in [6.45, 7) is 0. The Kier molecular flexibility index (Phi) is 2.48. The minimum Gasteiger partial charge on any atom is -0.504 e. The average molecular weight is 199 g/mol. The van der Waals surface area contributed by atoms with Crippen LogP contribution in [0.3, 0.4) is 0 Å². The number of benzene rings is 1. The summed E-state index contributed by atoms with van der Waals surface area (Å²) in [7, 11) is 0. The molecule has 1 aromatic rings. The van der Waals surface area contributed by atoms with E-state index in [-0.39, 0.29) is 5.56 Å². The Morgan fingerprint density at radius 3 is 2.29 bits per heavy atom. The molecule has 1 aromatic carbocycles. The first kappa shape index (κ1) is 10.1. The molecule has 6 nitrogen and oxygen atoms in total. The number of nitrogens with two attached hydrogens (primary N) is 1. The fraction of sp³-hybridized carbons (Fsp3) is 0.125. The van der Waals surface area contributed by atoms with Crippen LogP contribution in [-0.2, 0) is 4.79 Å². The molecule has 0 heterocycles. The lowest BCUT2D eigenvalue weighted by Gasteiger charge is -2.10. The zero-order chi connectivity index (χ0) is 10.9. The zero-order valence-electron chi connectivity index (χ0n) is 7.01. The van der Waals surface area contributed by atoms with Gasteiger partial charge in [-0.15, -0.1) is 0 Å². The van der Waals surface area contributed by atoms with Gasteiger partial charge < -0.3 is 26.2 Å². The van der Waals surface area contributed by atoms with Gasteiger partial charge in [0.25, 0.3) is 5.91 Å². The molecular formula is C8H9NO5. The molecule has 0 aliphatic rings. The molecular weight excluding hydrogens is 190 g/mol. The third-order valence-corrected chi connectivity index (χ3v) is 1.73. The van der Waals surface area contributed by atoms with Crippen molar-refractivity contribution in [1.82, 2.24) is 0 Å². The first-order chi connectivity index (χ1) is 6.45. The third-order valence-electron chi connectivity index (χ3n) is 1.73. The van der Waals surface area contributed by atoms with Crippen molar-refractivity contribution in [2.24, 2.45) is 5.73 Å². The van der Waals surface area contributed by atoms with Crippen molar-refractivity contribution in [1.29, 1.82) is 0 Å². The number of hydrogen-bond acceptors (Lipinski definition) is 5. The lowest BCUT2D eigenvalue weighted by Crippen LogP contribution is -2.20. The second kappa shape index (κ2) is 3.43. The fourth-order valence-electron chi connectivity index (χ4n) is 0.959. The normalized spacial score (nSPS) is 12.4. The molecule has 1 atom stereocenters. The van der Waals surface area contributed by atoms with Crippen LogP contribution in [-0.4, -0.2) is 26.3 Å². The fourth-order valence-corrected chi connectivity index (χ4v) is 0.959. The van der Waals surface area contributed by atoms with Gasteiger partial charge in [-0.05, 0) is 12.1 Å². The Bertz CT molecular complexity index is 376. The number of aromatic hydroxyl groups is 3. The van der Waals surface area contributed by atoms with E-state index in [1.165, 1.54) is 0 Å². The predicted molar refractivity (Wildman–Crippen MR) is 45.6 cm³/mol. The maximum Gasteiger partial charge on any atom is 0.251 e. The van der Waals surface area contributed by atoms with Gasteiger partial charge in [0.2, 0.25) is 5.75 Å². The first-order valence-electron chi connectivity index (χ1n) is 3.66. The van der Waals surface area contributed by atoms with E-state index in [0.29, 0.717) is 0 Å². The van der Waals surface area contributed by atoms with Gasteiger partial charge in [0.15, 0.2) is 17.6 Å². The number of carbonyl (C=O) groups is 1. The second-order valence-corrected chi connectivity index (χ2v) is 2.68. The Labute approximate surface area is 78.8 Å². The van der Waals surface area contributed by atoms with E-state index < -0.39 is 29.3 Å². The van der Waals surface area contributed by atoms with Crippen LogP contribution >= 0.6 is 0 Å². The predicted octanol–water partition coefficient (Wildman–Crippen LogP) is -0.678. The second-order valence-electron chi connectivity index (χ2n) is 2.68. The van der Waals surface area contributed by atoms with Crippen molar-refractivity contribution >= 4 is 5.91 Å². The summed E-state index contributed by atoms with van der Waals surface area (Å²) < 4.78 is 0. The smallest absolute Gasteiger partial charge is 0.251 e. The number of aliphatic hydroxyl groups excluding tert-OH is 1. The van der Waals surface area contributed by atoms with E-state index in [1.54, 1.807) is 0 Å². The first-order valence-corrected chi connectivity index (χ1v) is 3.66. The molecule has 76 valence electrons. The summed E-state index contributed by atoms with van der Waals surface area (Å²) in [5.41, 5.74) is 4.52. The van der Waals surface area contributed by atoms with Crippen molar-refractivity contribution in [3.8, 4) is 17.2 Å². The van der Waals surface area contributed by atoms with Crippen LogP contribution in [0, 0.1) is 0 Å². The van der Waals surface area contributed by atoms with Crippen LogP contribution in [0.4, 0.5) is 0 Å². The van der Waals surface area contributed by atoms with Gasteiger partial charge in [0, 0.05) is 5.56 Å². The molecule has 1 rings (SSSR count). The van der Waals surface area contributed by atoms with Crippen LogP contribution in [0.1, 0.15) is 11.7 Å². The van der Waals surface area contributed by atoms with E-state index in [4.69, 9.17) is 21.1 Å². The minimum atomic E-state index is -1.72. The molecule has 0 fully saturated rings. The maximum absolute atomic E-state index is 10.6. The monoisotopic (exact) mass is 199 g/mol. The Balaban J connectivity index is 3.24. The maximum atomic E-state index is 10.6. The molecule has 1 amide bonds. The number of primary amides is 1. The lowest BCUT2D eigenvalue weighted by molar-refractivity contribution is -0.126. The highest BCUT2D eigenvalue weighted by Crippen LogP contribution is 2.39. The van der Waals surface area contributed by atoms with E-state index in [9.17, 15) is 9.90 Å². The number of carbonyl (C=O) groups excluding carboxylic acids is 1. The van der Waals surface area contributed by atoms with Crippen LogP contribution in [0.5, 0.6) is 17.2 Å². The topological polar surface area (TPSA) is 124 Å². The molecule has 6 heteroatoms. The SMILES string of the molecule is NC(=O)C(O)c1ccc(O)c(O)c1O. The molecule has 14 heavy (non-hydrogen) atoms. The third kappa shape index (κ3) is 1.55. The van der Waals surface area contributed by atoms with Crippen LogP contribution in [0.25, 0.3) is 0 Å². The summed E-state index contributed by atoms with van der Waals surface area (Å²) in [6, 6.07) is 2.11. The largest absolute Gasteiger partial charge is 0.504 e. The standard InChI is InChI=1S/C8H9NO5/c9-8(14)6(12)3-1-2-4(10)7(13)5(3)11/h1-2,6,10-13H,(H2,9,14). The molecule has 0 aliphatic carbocycles. The molecule has 0 saturated carbocycles. The molecule has 0 aliphatic heterocycles. The van der Waals surface area contributed by atoms with Crippen LogP contribution in [0.15, 0.2) is 12.1 Å². The molecule has 0 saturated heterocycles. The summed E-state index contributed by atoms with van der Waals surface area (Å²) in [5, 5.41) is 36.4. The van der Waals surface area contributed by atoms with Gasteiger partial charge >= 0.3 is 0 Å². The molecule has 0 spiro atoms. The van der Waals surface area contributed by atoms with Crippen molar-refractivity contribution in [2.45, 2.75) is 6.10 Å². The summed E-state index contributed by atoms with van der Waals surface area (Å²) in [6.07, 6.45) is -1.72. The van der Waals surface area contributed by atoms with Crippen molar-refractivity contribution < 1.29 is 25.2 Å². The number of hydrogen-bond donors (Lipinski definition) is 5. The van der Waals surface area contributed by atoms with Gasteiger partial charge in [0.1, 0.15) is 0 Å². The Morgan fingerprint density at radius 2 is 1.79 bits per heavy atom. The van der Waals surface area contributed by atoms with E-state index in [0.717, 1.165) is 12.1 Å². The summed E-state index contributed by atoms with van der Waals surface area (Å²) in [4.78, 5) is 10.6. The van der Waals surface area contributed by atoms with Gasteiger partial charge in [0.05, 0.1) is 0 Å². The van der Waals surface area contributed by atoms with Crippen LogP contribution in [0.2, 0.25) is 0 Å². The summed E-state index contributed by atoms with van der Waals surface area (Å²) >= 11 is 0. The van der Waals surface area contributed by atoms with E-state index in [2.05, 4.69) is 0 Å². The molecule has 1 unspecified atom stereocenters. The van der Waals surface area contributed by atoms with Crippen LogP contribution < -0.4 is 5.73 Å². The zero-order valence-corrected chi connectivity index (χ0v) is 7.01. The highest BCUT2D eigenvalue weighted by molar-refractivity contribution is 5.81. The minimum absolute atomic E-state index is 0.257. The summed E-state index contributed by atoms with van der Waals surface area (Å²) in [5.74, 6) is -3.19. The van der Waals surface area contributed by atoms with Gasteiger partial charge in [-0.2, -0.15) is 0 Å². The number of phenols is 3. The highest BCUT2D eigenvalue weighted by atomic mass is 16.3. The van der Waals surface area contributed by atoms with Crippen molar-refractivity contribution in [3.05, 3.63) is 17.7 Å². The van der Waals surface area contributed by atoms with Gasteiger partial charge in [-0.1, -0.05) is 0 Å². The number of aliphatic hydroxyl groups is 1. The molecule has 6 N–H and O–H groups in total. The van der Waals surface area contributed by atoms with Crippen molar-refractivity contribution in [3.63, 3.8) is 0 Å². The highest BCUT2D eigenvalue weighted by Gasteiger charge is 2.21. The van der Waals surface area contributed by atoms with Gasteiger partial charge in [-0.3, -0.25) is 4.79 Å². The average Bonchev–Trinajstić information content (AvgIpc) is 2.13. The molecule has 0 radical (unpaired) electrons. The molecule has 0 aromatic heterocycles. The Morgan fingerprint density at radius 1 is 1.21 bits per heavy atom. The van der Waals surface area contributed by atoms with Crippen molar-refractivity contribution in [2.75, 3.05) is 0 Å². The lowest BCUT2D eigenvalue weighted by atomic mass is 10.1. The van der Waals surface area contributed by atoms with Gasteiger partial charge in [-0.25, -0.2) is 0 Å². The van der Waals surface area contributed by atoms with E-state index >= 15 is 0 Å². The van der Waals surface area contributed by atoms with E-state index in [1.807, 2.05) is 0 Å².